The lowest BCUT2D eigenvalue weighted by atomic mass is 10.1. The molecule has 3 nitrogen and oxygen atoms in total. The van der Waals surface area contributed by atoms with E-state index in [-0.39, 0.29) is 0 Å². The summed E-state index contributed by atoms with van der Waals surface area (Å²) in [5, 5.41) is 8.00. The topological polar surface area (TPSA) is 29.0 Å². The number of benzene rings is 2. The highest BCUT2D eigenvalue weighted by atomic mass is 15.0. The molecule has 0 unspecified atom stereocenters. The highest BCUT2D eigenvalue weighted by molar-refractivity contribution is 5.86. The Morgan fingerprint density at radius 3 is 2.75 bits per heavy atom. The summed E-state index contributed by atoms with van der Waals surface area (Å²) in [4.78, 5) is 0. The monoisotopic (exact) mass is 317 g/mol. The van der Waals surface area contributed by atoms with Crippen LogP contribution in [0.1, 0.15) is 22.4 Å². The SMILES string of the molecule is C=C(NC)c1ccc(Cn2c3c(c4ccccc42)CNCC3)cc1. The Bertz CT molecular complexity index is 887. The summed E-state index contributed by atoms with van der Waals surface area (Å²) in [5.41, 5.74) is 7.72. The predicted molar refractivity (Wildman–Crippen MR) is 101 cm³/mol. The average Bonchev–Trinajstić information content (AvgIpc) is 2.96. The highest BCUT2D eigenvalue weighted by Crippen LogP contribution is 2.29. The average molecular weight is 317 g/mol. The van der Waals surface area contributed by atoms with Crippen molar-refractivity contribution in [1.82, 2.24) is 15.2 Å². The Balaban J connectivity index is 1.73. The molecule has 0 aliphatic carbocycles. The first-order valence-corrected chi connectivity index (χ1v) is 8.53. The molecule has 0 radical (unpaired) electrons. The predicted octanol–water partition coefficient (Wildman–Crippen LogP) is 3.53. The first kappa shape index (κ1) is 15.0. The van der Waals surface area contributed by atoms with Crippen LogP contribution in [0.25, 0.3) is 16.6 Å². The molecule has 3 aromatic rings. The summed E-state index contributed by atoms with van der Waals surface area (Å²) >= 11 is 0. The number of hydrogen-bond acceptors (Lipinski definition) is 2. The summed E-state index contributed by atoms with van der Waals surface area (Å²) in [6.07, 6.45) is 1.10. The minimum Gasteiger partial charge on any atom is -0.388 e. The van der Waals surface area contributed by atoms with Gasteiger partial charge in [0.1, 0.15) is 0 Å². The molecule has 1 aliphatic rings. The van der Waals surface area contributed by atoms with Gasteiger partial charge in [-0.2, -0.15) is 0 Å². The van der Waals surface area contributed by atoms with Crippen LogP contribution < -0.4 is 10.6 Å². The summed E-state index contributed by atoms with van der Waals surface area (Å²) in [6.45, 7) is 6.98. The van der Waals surface area contributed by atoms with E-state index in [0.29, 0.717) is 0 Å². The van der Waals surface area contributed by atoms with Crippen LogP contribution in [0, 0.1) is 0 Å². The van der Waals surface area contributed by atoms with E-state index in [1.807, 2.05) is 7.05 Å². The van der Waals surface area contributed by atoms with Crippen molar-refractivity contribution in [1.29, 1.82) is 0 Å². The van der Waals surface area contributed by atoms with E-state index >= 15 is 0 Å². The van der Waals surface area contributed by atoms with Crippen LogP contribution in [0.15, 0.2) is 55.1 Å². The Morgan fingerprint density at radius 2 is 1.96 bits per heavy atom. The summed E-state index contributed by atoms with van der Waals surface area (Å²) < 4.78 is 2.49. The van der Waals surface area contributed by atoms with Crippen LogP contribution in [0.4, 0.5) is 0 Å². The fourth-order valence-corrected chi connectivity index (χ4v) is 3.65. The van der Waals surface area contributed by atoms with Crippen molar-refractivity contribution in [2.45, 2.75) is 19.5 Å². The third kappa shape index (κ3) is 2.51. The second-order valence-corrected chi connectivity index (χ2v) is 6.38. The van der Waals surface area contributed by atoms with E-state index in [1.165, 1.54) is 27.7 Å². The van der Waals surface area contributed by atoms with Gasteiger partial charge in [-0.25, -0.2) is 0 Å². The normalized spacial score (nSPS) is 13.7. The van der Waals surface area contributed by atoms with Gasteiger partial charge in [0.25, 0.3) is 0 Å². The van der Waals surface area contributed by atoms with Gasteiger partial charge in [0.15, 0.2) is 0 Å². The fourth-order valence-electron chi connectivity index (χ4n) is 3.65. The quantitative estimate of drug-likeness (QED) is 0.771. The maximum absolute atomic E-state index is 4.02. The number of hydrogen-bond donors (Lipinski definition) is 2. The molecule has 2 aromatic carbocycles. The highest BCUT2D eigenvalue weighted by Gasteiger charge is 2.19. The number of nitrogens with zero attached hydrogens (tertiary/aromatic N) is 1. The van der Waals surface area contributed by atoms with Crippen LogP contribution in [0.5, 0.6) is 0 Å². The molecular formula is C21H23N3. The Kier molecular flexibility index (Phi) is 3.87. The van der Waals surface area contributed by atoms with Crippen LogP contribution in [-0.2, 0) is 19.5 Å². The first-order chi connectivity index (χ1) is 11.8. The molecule has 1 aliphatic heterocycles. The maximum Gasteiger partial charge on any atom is 0.0489 e. The summed E-state index contributed by atoms with van der Waals surface area (Å²) in [7, 11) is 1.91. The van der Waals surface area contributed by atoms with Crippen molar-refractivity contribution in [2.75, 3.05) is 13.6 Å². The number of fused-ring (bicyclic) bond motifs is 3. The zero-order chi connectivity index (χ0) is 16.5. The van der Waals surface area contributed by atoms with Crippen LogP contribution in [0.3, 0.4) is 0 Å². The van der Waals surface area contributed by atoms with Gasteiger partial charge in [0.2, 0.25) is 0 Å². The molecule has 4 rings (SSSR count). The third-order valence-electron chi connectivity index (χ3n) is 4.98. The van der Waals surface area contributed by atoms with Gasteiger partial charge in [0.05, 0.1) is 0 Å². The molecule has 0 saturated carbocycles. The smallest absolute Gasteiger partial charge is 0.0489 e. The second kappa shape index (κ2) is 6.17. The van der Waals surface area contributed by atoms with Crippen LogP contribution >= 0.6 is 0 Å². The van der Waals surface area contributed by atoms with Gasteiger partial charge in [-0.3, -0.25) is 0 Å². The molecule has 1 aromatic heterocycles. The van der Waals surface area contributed by atoms with E-state index in [0.717, 1.165) is 37.3 Å². The van der Waals surface area contributed by atoms with Crippen LogP contribution in [-0.4, -0.2) is 18.2 Å². The lowest BCUT2D eigenvalue weighted by Crippen LogP contribution is -2.24. The van der Waals surface area contributed by atoms with E-state index in [4.69, 9.17) is 0 Å². The molecule has 24 heavy (non-hydrogen) atoms. The molecule has 3 heteroatoms. The molecule has 0 atom stereocenters. The number of aromatic nitrogens is 1. The van der Waals surface area contributed by atoms with E-state index < -0.39 is 0 Å². The van der Waals surface area contributed by atoms with E-state index in [1.54, 1.807) is 0 Å². The van der Waals surface area contributed by atoms with Crippen molar-refractivity contribution < 1.29 is 0 Å². The molecule has 0 spiro atoms. The lowest BCUT2D eigenvalue weighted by Gasteiger charge is -2.17. The maximum atomic E-state index is 4.02. The Labute approximate surface area is 143 Å². The molecule has 122 valence electrons. The summed E-state index contributed by atoms with van der Waals surface area (Å²) in [5.74, 6) is 0. The number of para-hydroxylation sites is 1. The van der Waals surface area contributed by atoms with Gasteiger partial charge in [-0.05, 0) is 22.8 Å². The van der Waals surface area contributed by atoms with Gasteiger partial charge in [-0.15, -0.1) is 0 Å². The lowest BCUT2D eigenvalue weighted by molar-refractivity contribution is 0.612. The van der Waals surface area contributed by atoms with Gasteiger partial charge >= 0.3 is 0 Å². The number of rotatable bonds is 4. The molecule has 0 amide bonds. The molecule has 0 bridgehead atoms. The molecule has 2 heterocycles. The van der Waals surface area contributed by atoms with Crippen molar-refractivity contribution in [3.05, 3.63) is 77.5 Å². The van der Waals surface area contributed by atoms with Crippen molar-refractivity contribution in [3.63, 3.8) is 0 Å². The molecule has 2 N–H and O–H groups in total. The van der Waals surface area contributed by atoms with Crippen molar-refractivity contribution >= 4 is 16.6 Å². The third-order valence-corrected chi connectivity index (χ3v) is 4.98. The van der Waals surface area contributed by atoms with E-state index in [9.17, 15) is 0 Å². The largest absolute Gasteiger partial charge is 0.388 e. The second-order valence-electron chi connectivity index (χ2n) is 6.38. The minimum atomic E-state index is 0.919. The molecule has 0 fully saturated rings. The number of nitrogens with one attached hydrogen (secondary N) is 2. The Hall–Kier alpha value is -2.52. The summed E-state index contributed by atoms with van der Waals surface area (Å²) in [6, 6.07) is 17.5. The zero-order valence-electron chi connectivity index (χ0n) is 14.1. The Morgan fingerprint density at radius 1 is 1.17 bits per heavy atom. The fraction of sp³-hybridized carbons (Fsp3) is 0.238. The van der Waals surface area contributed by atoms with Gasteiger partial charge in [0, 0.05) is 55.4 Å². The van der Waals surface area contributed by atoms with Gasteiger partial charge < -0.3 is 15.2 Å². The van der Waals surface area contributed by atoms with Crippen molar-refractivity contribution in [3.8, 4) is 0 Å². The van der Waals surface area contributed by atoms with E-state index in [2.05, 4.69) is 70.3 Å². The van der Waals surface area contributed by atoms with Gasteiger partial charge in [-0.1, -0.05) is 49.0 Å². The molecular weight excluding hydrogens is 294 g/mol. The standard InChI is InChI=1S/C21H23N3/c1-15(22-2)17-9-7-16(8-10-17)14-24-20-6-4-3-5-18(20)19-13-23-12-11-21(19)24/h3-10,22-23H,1,11-14H2,2H3. The van der Waals surface area contributed by atoms with Crippen molar-refractivity contribution in [2.24, 2.45) is 0 Å². The first-order valence-electron chi connectivity index (χ1n) is 8.53. The molecule has 0 saturated heterocycles. The zero-order valence-corrected chi connectivity index (χ0v) is 14.1. The van der Waals surface area contributed by atoms with Crippen LogP contribution in [0.2, 0.25) is 0 Å². The minimum absolute atomic E-state index is 0.919.